The van der Waals surface area contributed by atoms with Crippen LogP contribution in [-0.2, 0) is 4.79 Å². The average Bonchev–Trinajstić information content (AvgIpc) is 2.30. The Bertz CT molecular complexity index is 437. The molecule has 1 heterocycles. The topological polar surface area (TPSA) is 32.3 Å². The number of benzene rings is 1. The number of nitrogens with zero attached hydrogens (tertiary/aromatic N) is 1. The summed E-state index contributed by atoms with van der Waals surface area (Å²) >= 11 is 0. The van der Waals surface area contributed by atoms with Gasteiger partial charge in [0.2, 0.25) is 5.91 Å². The summed E-state index contributed by atoms with van der Waals surface area (Å²) < 4.78 is 26.4. The van der Waals surface area contributed by atoms with Crippen LogP contribution in [0.3, 0.4) is 0 Å². The van der Waals surface area contributed by atoms with Crippen LogP contribution in [0.1, 0.15) is 12.8 Å². The fourth-order valence-electron chi connectivity index (χ4n) is 2.08. The number of hydrogen-bond donors (Lipinski definition) is 1. The highest BCUT2D eigenvalue weighted by Gasteiger charge is 2.29. The van der Waals surface area contributed by atoms with Crippen molar-refractivity contribution in [3.05, 3.63) is 29.8 Å². The van der Waals surface area contributed by atoms with E-state index in [1.807, 2.05) is 0 Å². The second kappa shape index (κ2) is 4.79. The molecule has 0 saturated carbocycles. The maximum absolute atomic E-state index is 13.6. The molecule has 1 aliphatic heterocycles. The van der Waals surface area contributed by atoms with Crippen molar-refractivity contribution < 1.29 is 13.6 Å². The third-order valence-corrected chi connectivity index (χ3v) is 2.99. The van der Waals surface area contributed by atoms with E-state index in [1.54, 1.807) is 7.05 Å². The van der Waals surface area contributed by atoms with Gasteiger partial charge in [-0.2, -0.15) is 0 Å². The van der Waals surface area contributed by atoms with Gasteiger partial charge in [-0.05, 0) is 32.0 Å². The number of piperidine rings is 1. The molecule has 1 fully saturated rings. The minimum Gasteiger partial charge on any atom is -0.309 e. The summed E-state index contributed by atoms with van der Waals surface area (Å²) in [5.41, 5.74) is 0.149. The number of amides is 1. The fourth-order valence-corrected chi connectivity index (χ4v) is 2.08. The Morgan fingerprint density at radius 3 is 2.82 bits per heavy atom. The quantitative estimate of drug-likeness (QED) is 0.853. The van der Waals surface area contributed by atoms with Crippen LogP contribution in [0.5, 0.6) is 0 Å². The van der Waals surface area contributed by atoms with Crippen LogP contribution in [0.2, 0.25) is 0 Å². The van der Waals surface area contributed by atoms with Crippen LogP contribution >= 0.6 is 0 Å². The van der Waals surface area contributed by atoms with Crippen molar-refractivity contribution in [3.63, 3.8) is 0 Å². The third kappa shape index (κ3) is 2.29. The monoisotopic (exact) mass is 240 g/mol. The summed E-state index contributed by atoms with van der Waals surface area (Å²) in [6.45, 7) is 0.472. The largest absolute Gasteiger partial charge is 0.309 e. The van der Waals surface area contributed by atoms with E-state index in [1.165, 1.54) is 11.0 Å². The van der Waals surface area contributed by atoms with Crippen molar-refractivity contribution in [2.45, 2.75) is 18.9 Å². The predicted molar refractivity (Wildman–Crippen MR) is 60.8 cm³/mol. The van der Waals surface area contributed by atoms with Crippen LogP contribution in [-0.4, -0.2) is 25.5 Å². The smallest absolute Gasteiger partial charge is 0.244 e. The lowest BCUT2D eigenvalue weighted by atomic mass is 10.0. The molecule has 0 radical (unpaired) electrons. The van der Waals surface area contributed by atoms with Crippen molar-refractivity contribution in [2.24, 2.45) is 0 Å². The molecule has 17 heavy (non-hydrogen) atoms. The lowest BCUT2D eigenvalue weighted by Gasteiger charge is -2.32. The molecule has 5 heteroatoms. The molecule has 0 bridgehead atoms. The van der Waals surface area contributed by atoms with Gasteiger partial charge in [-0.3, -0.25) is 4.79 Å². The Morgan fingerprint density at radius 1 is 1.41 bits per heavy atom. The molecule has 3 nitrogen and oxygen atoms in total. The summed E-state index contributed by atoms with van der Waals surface area (Å²) in [5, 5.41) is 2.90. The highest BCUT2D eigenvalue weighted by atomic mass is 19.1. The van der Waals surface area contributed by atoms with Gasteiger partial charge in [0.15, 0.2) is 0 Å². The van der Waals surface area contributed by atoms with E-state index in [0.717, 1.165) is 25.0 Å². The number of carbonyl (C=O) groups is 1. The van der Waals surface area contributed by atoms with Gasteiger partial charge in [-0.15, -0.1) is 0 Å². The van der Waals surface area contributed by atoms with Crippen LogP contribution in [0.15, 0.2) is 18.2 Å². The molecule has 0 aliphatic carbocycles. The molecule has 0 spiro atoms. The van der Waals surface area contributed by atoms with Crippen molar-refractivity contribution >= 4 is 11.6 Å². The summed E-state index contributed by atoms with van der Waals surface area (Å²) in [7, 11) is 1.70. The number of halogens is 2. The normalized spacial score (nSPS) is 20.8. The maximum Gasteiger partial charge on any atom is 0.244 e. The van der Waals surface area contributed by atoms with Gasteiger partial charge >= 0.3 is 0 Å². The SMILES string of the molecule is CNC1CCCN(c2ccc(F)cc2F)C1=O. The Hall–Kier alpha value is -1.49. The number of carbonyl (C=O) groups excluding carboxylic acids is 1. The van der Waals surface area contributed by atoms with E-state index in [9.17, 15) is 13.6 Å². The summed E-state index contributed by atoms with van der Waals surface area (Å²) in [4.78, 5) is 13.4. The van der Waals surface area contributed by atoms with Gasteiger partial charge in [-0.1, -0.05) is 0 Å². The third-order valence-electron chi connectivity index (χ3n) is 2.99. The fraction of sp³-hybridized carbons (Fsp3) is 0.417. The molecule has 1 saturated heterocycles. The molecule has 1 aromatic rings. The first kappa shape index (κ1) is 12.0. The zero-order valence-electron chi connectivity index (χ0n) is 9.54. The Balaban J connectivity index is 2.29. The van der Waals surface area contributed by atoms with Crippen molar-refractivity contribution in [2.75, 3.05) is 18.5 Å². The first-order valence-electron chi connectivity index (χ1n) is 5.57. The van der Waals surface area contributed by atoms with Crippen LogP contribution in [0.4, 0.5) is 14.5 Å². The van der Waals surface area contributed by atoms with Gasteiger partial charge in [0, 0.05) is 12.6 Å². The number of likely N-dealkylation sites (N-methyl/N-ethyl adjacent to an activating group) is 1. The minimum absolute atomic E-state index is 0.149. The lowest BCUT2D eigenvalue weighted by Crippen LogP contribution is -2.50. The zero-order chi connectivity index (χ0) is 12.4. The molecule has 1 unspecified atom stereocenters. The van der Waals surface area contributed by atoms with Gasteiger partial charge in [0.25, 0.3) is 0 Å². The highest BCUT2D eigenvalue weighted by Crippen LogP contribution is 2.24. The van der Waals surface area contributed by atoms with E-state index in [-0.39, 0.29) is 17.6 Å². The zero-order valence-corrected chi connectivity index (χ0v) is 9.54. The summed E-state index contributed by atoms with van der Waals surface area (Å²) in [6, 6.07) is 2.98. The predicted octanol–water partition coefficient (Wildman–Crippen LogP) is 1.68. The van der Waals surface area contributed by atoms with Crippen LogP contribution in [0.25, 0.3) is 0 Å². The van der Waals surface area contributed by atoms with E-state index in [4.69, 9.17) is 0 Å². The number of nitrogens with one attached hydrogen (secondary N) is 1. The molecule has 92 valence electrons. The summed E-state index contributed by atoms with van der Waals surface area (Å²) in [6.07, 6.45) is 1.54. The Kier molecular flexibility index (Phi) is 3.38. The molecule has 1 aromatic carbocycles. The second-order valence-electron chi connectivity index (χ2n) is 4.07. The van der Waals surface area contributed by atoms with Crippen molar-refractivity contribution in [1.82, 2.24) is 5.32 Å². The second-order valence-corrected chi connectivity index (χ2v) is 4.07. The highest BCUT2D eigenvalue weighted by molar-refractivity contribution is 5.98. The Labute approximate surface area is 98.4 Å². The van der Waals surface area contributed by atoms with Gasteiger partial charge in [0.05, 0.1) is 11.7 Å². The first-order valence-corrected chi connectivity index (χ1v) is 5.57. The van der Waals surface area contributed by atoms with Crippen LogP contribution < -0.4 is 10.2 Å². The molecule has 1 atom stereocenters. The van der Waals surface area contributed by atoms with E-state index >= 15 is 0 Å². The molecule has 0 aromatic heterocycles. The standard InChI is InChI=1S/C12H14F2N2O/c1-15-10-3-2-6-16(12(10)17)11-5-4-8(13)7-9(11)14/h4-5,7,10,15H,2-3,6H2,1H3. The Morgan fingerprint density at radius 2 is 2.18 bits per heavy atom. The van der Waals surface area contributed by atoms with Crippen molar-refractivity contribution in [3.8, 4) is 0 Å². The molecule has 2 rings (SSSR count). The molecular weight excluding hydrogens is 226 g/mol. The maximum atomic E-state index is 13.6. The number of anilines is 1. The molecule has 1 N–H and O–H groups in total. The van der Waals surface area contributed by atoms with E-state index in [2.05, 4.69) is 5.32 Å². The molecular formula is C12H14F2N2O. The number of rotatable bonds is 2. The molecule has 1 amide bonds. The average molecular weight is 240 g/mol. The van der Waals surface area contributed by atoms with E-state index < -0.39 is 11.6 Å². The first-order chi connectivity index (χ1) is 8.13. The summed E-state index contributed by atoms with van der Waals surface area (Å²) in [5.74, 6) is -1.50. The van der Waals surface area contributed by atoms with Gasteiger partial charge in [-0.25, -0.2) is 8.78 Å². The minimum atomic E-state index is -0.699. The lowest BCUT2D eigenvalue weighted by molar-refractivity contribution is -0.121. The molecule has 1 aliphatic rings. The van der Waals surface area contributed by atoms with E-state index in [0.29, 0.717) is 6.54 Å². The number of hydrogen-bond acceptors (Lipinski definition) is 2. The van der Waals surface area contributed by atoms with Gasteiger partial charge in [0.1, 0.15) is 11.6 Å². The van der Waals surface area contributed by atoms with Crippen molar-refractivity contribution in [1.29, 1.82) is 0 Å². The van der Waals surface area contributed by atoms with Crippen LogP contribution in [0, 0.1) is 11.6 Å². The van der Waals surface area contributed by atoms with Gasteiger partial charge < -0.3 is 10.2 Å².